The van der Waals surface area contributed by atoms with Gasteiger partial charge < -0.3 is 19.4 Å². The van der Waals surface area contributed by atoms with Crippen molar-refractivity contribution in [2.24, 2.45) is 5.92 Å². The standard InChI is InChI=1S/C26H34N4O3/c1-18(2)25(29-10-12-33-13-11-29)17-28-26(31)22(16-27)15-21-14-19(3)30(20(21)4)23-6-8-24(32-5)9-7-23/h6-9,14-15,18,25H,10-13,17H2,1-5H3,(H,28,31)/b22-15+. The van der Waals surface area contributed by atoms with Crippen molar-refractivity contribution in [2.75, 3.05) is 40.0 Å². The third-order valence-electron chi connectivity index (χ3n) is 6.22. The average molecular weight is 451 g/mol. The second kappa shape index (κ2) is 11.2. The van der Waals surface area contributed by atoms with Crippen LogP contribution in [0.15, 0.2) is 35.9 Å². The van der Waals surface area contributed by atoms with E-state index in [9.17, 15) is 10.1 Å². The van der Waals surface area contributed by atoms with Gasteiger partial charge in [0.15, 0.2) is 0 Å². The lowest BCUT2D eigenvalue weighted by molar-refractivity contribution is -0.117. The molecule has 0 bridgehead atoms. The molecule has 33 heavy (non-hydrogen) atoms. The Morgan fingerprint density at radius 3 is 2.48 bits per heavy atom. The summed E-state index contributed by atoms with van der Waals surface area (Å²) >= 11 is 0. The topological polar surface area (TPSA) is 79.5 Å². The molecule has 176 valence electrons. The van der Waals surface area contributed by atoms with Crippen molar-refractivity contribution in [3.05, 3.63) is 52.9 Å². The van der Waals surface area contributed by atoms with Crippen molar-refractivity contribution in [3.63, 3.8) is 0 Å². The highest BCUT2D eigenvalue weighted by Crippen LogP contribution is 2.24. The maximum Gasteiger partial charge on any atom is 0.262 e. The molecule has 7 nitrogen and oxygen atoms in total. The molecular formula is C26H34N4O3. The van der Waals surface area contributed by atoms with Crippen LogP contribution in [0, 0.1) is 31.1 Å². The molecule has 1 atom stereocenters. The van der Waals surface area contributed by atoms with E-state index >= 15 is 0 Å². The Kier molecular flexibility index (Phi) is 8.32. The van der Waals surface area contributed by atoms with E-state index < -0.39 is 0 Å². The molecule has 0 spiro atoms. The lowest BCUT2D eigenvalue weighted by atomic mass is 10.0. The van der Waals surface area contributed by atoms with E-state index in [4.69, 9.17) is 9.47 Å². The number of rotatable bonds is 8. The van der Waals surface area contributed by atoms with Crippen LogP contribution < -0.4 is 10.1 Å². The molecular weight excluding hydrogens is 416 g/mol. The smallest absolute Gasteiger partial charge is 0.262 e. The molecule has 1 fully saturated rings. The van der Waals surface area contributed by atoms with E-state index in [-0.39, 0.29) is 17.5 Å². The van der Waals surface area contributed by atoms with Gasteiger partial charge in [-0.05, 0) is 61.7 Å². The van der Waals surface area contributed by atoms with Crippen molar-refractivity contribution < 1.29 is 14.3 Å². The summed E-state index contributed by atoms with van der Waals surface area (Å²) in [6.07, 6.45) is 1.68. The normalized spacial score (nSPS) is 15.8. The lowest BCUT2D eigenvalue weighted by Crippen LogP contribution is -2.51. The quantitative estimate of drug-likeness (QED) is 0.492. The zero-order chi connectivity index (χ0) is 24.0. The second-order valence-electron chi connectivity index (χ2n) is 8.70. The number of benzene rings is 1. The van der Waals surface area contributed by atoms with E-state index in [2.05, 4.69) is 34.7 Å². The molecule has 0 radical (unpaired) electrons. The molecule has 1 unspecified atom stereocenters. The second-order valence-corrected chi connectivity index (χ2v) is 8.70. The molecule has 0 saturated carbocycles. The number of nitrogens with zero attached hydrogens (tertiary/aromatic N) is 3. The van der Waals surface area contributed by atoms with Crippen LogP contribution in [-0.4, -0.2) is 61.4 Å². The van der Waals surface area contributed by atoms with Crippen LogP contribution in [0.2, 0.25) is 0 Å². The Balaban J connectivity index is 1.77. The summed E-state index contributed by atoms with van der Waals surface area (Å²) in [6, 6.07) is 12.1. The minimum absolute atomic E-state index is 0.106. The Hall–Kier alpha value is -3.08. The number of nitriles is 1. The molecule has 7 heteroatoms. The minimum Gasteiger partial charge on any atom is -0.497 e. The van der Waals surface area contributed by atoms with E-state index in [0.29, 0.717) is 25.7 Å². The Morgan fingerprint density at radius 2 is 1.91 bits per heavy atom. The molecule has 1 aliphatic rings. The van der Waals surface area contributed by atoms with E-state index in [1.165, 1.54) is 0 Å². The summed E-state index contributed by atoms with van der Waals surface area (Å²) in [5, 5.41) is 12.7. The largest absolute Gasteiger partial charge is 0.497 e. The van der Waals surface area contributed by atoms with Crippen molar-refractivity contribution in [1.82, 2.24) is 14.8 Å². The van der Waals surface area contributed by atoms with Gasteiger partial charge in [-0.3, -0.25) is 9.69 Å². The molecule has 0 aliphatic carbocycles. The average Bonchev–Trinajstić information content (AvgIpc) is 3.10. The molecule has 1 aliphatic heterocycles. The number of nitrogens with one attached hydrogen (secondary N) is 1. The predicted molar refractivity (Wildman–Crippen MR) is 129 cm³/mol. The first kappa shape index (κ1) is 24.6. The summed E-state index contributed by atoms with van der Waals surface area (Å²) in [5.41, 5.74) is 3.94. The number of hydrogen-bond donors (Lipinski definition) is 1. The lowest BCUT2D eigenvalue weighted by Gasteiger charge is -2.36. The Labute approximate surface area is 196 Å². The Bertz CT molecular complexity index is 1030. The number of morpholine rings is 1. The summed E-state index contributed by atoms with van der Waals surface area (Å²) in [5.74, 6) is 0.827. The molecule has 2 aromatic rings. The van der Waals surface area contributed by atoms with Crippen LogP contribution in [0.1, 0.15) is 30.8 Å². The zero-order valence-electron chi connectivity index (χ0n) is 20.2. The van der Waals surface area contributed by atoms with E-state index in [1.54, 1.807) is 13.2 Å². The number of aromatic nitrogens is 1. The van der Waals surface area contributed by atoms with Gasteiger partial charge in [0.1, 0.15) is 17.4 Å². The number of hydrogen-bond acceptors (Lipinski definition) is 5. The Morgan fingerprint density at radius 1 is 1.24 bits per heavy atom. The third-order valence-corrected chi connectivity index (χ3v) is 6.22. The van der Waals surface area contributed by atoms with Crippen LogP contribution in [0.25, 0.3) is 11.8 Å². The summed E-state index contributed by atoms with van der Waals surface area (Å²) in [6.45, 7) is 11.9. The van der Waals surface area contributed by atoms with Gasteiger partial charge >= 0.3 is 0 Å². The first-order chi connectivity index (χ1) is 15.8. The van der Waals surface area contributed by atoms with Gasteiger partial charge in [0.2, 0.25) is 0 Å². The fourth-order valence-corrected chi connectivity index (χ4v) is 4.35. The van der Waals surface area contributed by atoms with E-state index in [1.807, 2.05) is 44.2 Å². The molecule has 1 saturated heterocycles. The van der Waals surface area contributed by atoms with Crippen molar-refractivity contribution >= 4 is 12.0 Å². The molecule has 1 N–H and O–H groups in total. The van der Waals surface area contributed by atoms with Gasteiger partial charge in [0.25, 0.3) is 5.91 Å². The van der Waals surface area contributed by atoms with Gasteiger partial charge in [-0.1, -0.05) is 13.8 Å². The number of amides is 1. The summed E-state index contributed by atoms with van der Waals surface area (Å²) < 4.78 is 12.8. The predicted octanol–water partition coefficient (Wildman–Crippen LogP) is 3.48. The zero-order valence-corrected chi connectivity index (χ0v) is 20.2. The minimum atomic E-state index is -0.342. The van der Waals surface area contributed by atoms with Crippen LogP contribution in [0.3, 0.4) is 0 Å². The maximum atomic E-state index is 12.9. The fraction of sp³-hybridized carbons (Fsp3) is 0.462. The summed E-state index contributed by atoms with van der Waals surface area (Å²) in [7, 11) is 1.64. The van der Waals surface area contributed by atoms with Crippen LogP contribution in [0.5, 0.6) is 5.75 Å². The van der Waals surface area contributed by atoms with Gasteiger partial charge in [-0.15, -0.1) is 0 Å². The first-order valence-corrected chi connectivity index (χ1v) is 11.4. The highest BCUT2D eigenvalue weighted by molar-refractivity contribution is 6.01. The fourth-order valence-electron chi connectivity index (χ4n) is 4.35. The molecule has 1 aromatic heterocycles. The number of carbonyl (C=O) groups excluding carboxylic acids is 1. The van der Waals surface area contributed by atoms with Gasteiger partial charge in [-0.2, -0.15) is 5.26 Å². The SMILES string of the molecule is COc1ccc(-n2c(C)cc(/C=C(\C#N)C(=O)NCC(C(C)C)N3CCOCC3)c2C)cc1. The number of ether oxygens (including phenoxy) is 2. The first-order valence-electron chi connectivity index (χ1n) is 11.4. The highest BCUT2D eigenvalue weighted by atomic mass is 16.5. The van der Waals surface area contributed by atoms with Crippen molar-refractivity contribution in [1.29, 1.82) is 5.26 Å². The molecule has 2 heterocycles. The van der Waals surface area contributed by atoms with Crippen molar-refractivity contribution in [2.45, 2.75) is 33.7 Å². The number of carbonyl (C=O) groups is 1. The van der Waals surface area contributed by atoms with Crippen LogP contribution in [0.4, 0.5) is 0 Å². The number of methoxy groups -OCH3 is 1. The third kappa shape index (κ3) is 5.84. The van der Waals surface area contributed by atoms with Crippen LogP contribution in [-0.2, 0) is 9.53 Å². The van der Waals surface area contributed by atoms with Crippen molar-refractivity contribution in [3.8, 4) is 17.5 Å². The highest BCUT2D eigenvalue weighted by Gasteiger charge is 2.25. The molecule has 3 rings (SSSR count). The summed E-state index contributed by atoms with van der Waals surface area (Å²) in [4.78, 5) is 15.2. The van der Waals surface area contributed by atoms with Gasteiger partial charge in [0, 0.05) is 42.8 Å². The molecule has 1 aromatic carbocycles. The molecule has 1 amide bonds. The van der Waals surface area contributed by atoms with Crippen LogP contribution >= 0.6 is 0 Å². The van der Waals surface area contributed by atoms with Gasteiger partial charge in [-0.25, -0.2) is 0 Å². The maximum absolute atomic E-state index is 12.9. The van der Waals surface area contributed by atoms with Gasteiger partial charge in [0.05, 0.1) is 20.3 Å². The number of aryl methyl sites for hydroxylation is 1. The van der Waals surface area contributed by atoms with E-state index in [0.717, 1.165) is 41.5 Å². The monoisotopic (exact) mass is 450 g/mol.